The Bertz CT molecular complexity index is 1040. The number of alkyl halides is 3. The number of rotatable bonds is 8. The molecule has 1 aromatic heterocycles. The second-order valence-electron chi connectivity index (χ2n) is 8.81. The van der Waals surface area contributed by atoms with Crippen molar-refractivity contribution in [3.8, 4) is 0 Å². The summed E-state index contributed by atoms with van der Waals surface area (Å²) in [5.74, 6) is -0.530. The van der Waals surface area contributed by atoms with Crippen LogP contribution in [0.4, 0.5) is 28.8 Å². The number of carboxylic acids is 1. The molecule has 1 aromatic carbocycles. The molecule has 1 aliphatic rings. The number of benzene rings is 1. The number of anilines is 2. The van der Waals surface area contributed by atoms with Crippen molar-refractivity contribution in [1.29, 1.82) is 0 Å². The summed E-state index contributed by atoms with van der Waals surface area (Å²) < 4.78 is 42.0. The molecule has 2 aromatic rings. The molecule has 1 fully saturated rings. The third-order valence-electron chi connectivity index (χ3n) is 5.57. The molecular weight excluding hydrogens is 511 g/mol. The van der Waals surface area contributed by atoms with Crippen LogP contribution in [0.5, 0.6) is 0 Å². The van der Waals surface area contributed by atoms with Gasteiger partial charge in [0, 0.05) is 17.3 Å². The van der Waals surface area contributed by atoms with E-state index in [-0.39, 0.29) is 28.3 Å². The Kier molecular flexibility index (Phi) is 8.41. The number of amides is 2. The van der Waals surface area contributed by atoms with Crippen LogP contribution in [0.3, 0.4) is 0 Å². The van der Waals surface area contributed by atoms with Crippen molar-refractivity contribution in [2.24, 2.45) is 11.3 Å². The van der Waals surface area contributed by atoms with Crippen LogP contribution in [-0.4, -0.2) is 34.4 Å². The Balaban J connectivity index is 1.81. The Hall–Kier alpha value is -1.98. The van der Waals surface area contributed by atoms with E-state index in [2.05, 4.69) is 10.3 Å². The van der Waals surface area contributed by atoms with Crippen molar-refractivity contribution in [3.63, 3.8) is 0 Å². The van der Waals surface area contributed by atoms with Gasteiger partial charge in [-0.05, 0) is 50.8 Å². The van der Waals surface area contributed by atoms with E-state index in [9.17, 15) is 27.9 Å². The lowest BCUT2D eigenvalue weighted by molar-refractivity contribution is -0.145. The van der Waals surface area contributed by atoms with Crippen LogP contribution in [-0.2, 0) is 11.0 Å². The molecular formula is C22H25ClF3N3O3S2. The molecule has 3 rings (SSSR count). The lowest BCUT2D eigenvalue weighted by Gasteiger charge is -2.28. The molecule has 6 nitrogen and oxygen atoms in total. The summed E-state index contributed by atoms with van der Waals surface area (Å²) in [7, 11) is 0. The van der Waals surface area contributed by atoms with E-state index < -0.39 is 29.2 Å². The average molecular weight is 536 g/mol. The third-order valence-corrected chi connectivity index (χ3v) is 8.37. The number of nitrogens with zero attached hydrogens (tertiary/aromatic N) is 2. The normalized spacial score (nSPS) is 14.9. The summed E-state index contributed by atoms with van der Waals surface area (Å²) in [6.45, 7) is 3.37. The number of halogens is 4. The maximum absolute atomic E-state index is 13.8. The maximum Gasteiger partial charge on any atom is 0.418 e. The molecule has 12 heteroatoms. The predicted octanol–water partition coefficient (Wildman–Crippen LogP) is 7.25. The Labute approximate surface area is 208 Å². The minimum Gasteiger partial charge on any atom is -0.481 e. The van der Waals surface area contributed by atoms with E-state index in [1.165, 1.54) is 30.1 Å². The fourth-order valence-electron chi connectivity index (χ4n) is 3.57. The molecule has 0 saturated heterocycles. The summed E-state index contributed by atoms with van der Waals surface area (Å²) in [4.78, 5) is 29.7. The van der Waals surface area contributed by atoms with Gasteiger partial charge in [-0.3, -0.25) is 15.0 Å². The van der Waals surface area contributed by atoms with Gasteiger partial charge in [-0.2, -0.15) is 13.2 Å². The highest BCUT2D eigenvalue weighted by atomic mass is 35.5. The first-order valence-corrected chi connectivity index (χ1v) is 12.8. The van der Waals surface area contributed by atoms with Crippen molar-refractivity contribution in [1.82, 2.24) is 4.98 Å². The molecule has 1 aliphatic carbocycles. The number of urea groups is 1. The second-order valence-corrected chi connectivity index (χ2v) is 11.6. The Morgan fingerprint density at radius 3 is 2.59 bits per heavy atom. The maximum atomic E-state index is 13.8. The highest BCUT2D eigenvalue weighted by Crippen LogP contribution is 2.40. The molecule has 186 valence electrons. The highest BCUT2D eigenvalue weighted by molar-refractivity contribution is 8.01. The van der Waals surface area contributed by atoms with Crippen molar-refractivity contribution in [3.05, 3.63) is 35.0 Å². The number of hydrogen-bond donors (Lipinski definition) is 2. The Morgan fingerprint density at radius 2 is 1.97 bits per heavy atom. The molecule has 0 unspecified atom stereocenters. The van der Waals surface area contributed by atoms with Crippen molar-refractivity contribution in [2.45, 2.75) is 49.9 Å². The molecule has 0 radical (unpaired) electrons. The summed E-state index contributed by atoms with van der Waals surface area (Å²) in [6, 6.07) is 2.67. The topological polar surface area (TPSA) is 82.5 Å². The zero-order valence-electron chi connectivity index (χ0n) is 18.6. The average Bonchev–Trinajstić information content (AvgIpc) is 3.42. The second kappa shape index (κ2) is 10.7. The van der Waals surface area contributed by atoms with Gasteiger partial charge in [0.2, 0.25) is 0 Å². The zero-order valence-corrected chi connectivity index (χ0v) is 21.0. The molecule has 0 atom stereocenters. The van der Waals surface area contributed by atoms with Crippen LogP contribution in [0.1, 0.15) is 45.1 Å². The minimum absolute atomic E-state index is 0.0665. The van der Waals surface area contributed by atoms with Gasteiger partial charge < -0.3 is 5.11 Å². The smallest absolute Gasteiger partial charge is 0.418 e. The van der Waals surface area contributed by atoms with E-state index in [0.29, 0.717) is 9.96 Å². The first-order chi connectivity index (χ1) is 15.9. The standard InChI is InChI=1S/C22H25ClF3N3O3S2/c1-21(2,18(30)31)12-33-17-10-27-19(34-17)28-20(32)29(11-13-5-3-4-6-13)16-8-7-14(23)9-15(16)22(24,25)26/h7-10,13H,3-6,11-12H2,1-2H3,(H,30,31)(H,27,28,32). The molecule has 2 amide bonds. The first-order valence-electron chi connectivity index (χ1n) is 10.6. The molecule has 0 bridgehead atoms. The number of thiazole rings is 1. The van der Waals surface area contributed by atoms with Gasteiger partial charge in [0.1, 0.15) is 0 Å². The van der Waals surface area contributed by atoms with Crippen molar-refractivity contribution < 1.29 is 27.9 Å². The van der Waals surface area contributed by atoms with Crippen LogP contribution in [0.25, 0.3) is 0 Å². The summed E-state index contributed by atoms with van der Waals surface area (Å²) in [5.41, 5.74) is -2.17. The molecule has 1 saturated carbocycles. The van der Waals surface area contributed by atoms with E-state index in [4.69, 9.17) is 11.6 Å². The molecule has 1 heterocycles. The van der Waals surface area contributed by atoms with Gasteiger partial charge in [-0.1, -0.05) is 35.8 Å². The number of carbonyl (C=O) groups excluding carboxylic acids is 1. The van der Waals surface area contributed by atoms with Crippen LogP contribution in [0.15, 0.2) is 28.6 Å². The van der Waals surface area contributed by atoms with Gasteiger partial charge in [-0.15, -0.1) is 11.8 Å². The highest BCUT2D eigenvalue weighted by Gasteiger charge is 2.37. The van der Waals surface area contributed by atoms with E-state index in [1.54, 1.807) is 13.8 Å². The summed E-state index contributed by atoms with van der Waals surface area (Å²) in [5, 5.41) is 12.0. The minimum atomic E-state index is -4.68. The number of aromatic nitrogens is 1. The number of nitrogens with one attached hydrogen (secondary N) is 1. The van der Waals surface area contributed by atoms with Gasteiger partial charge in [-0.25, -0.2) is 9.78 Å². The monoisotopic (exact) mass is 535 g/mol. The van der Waals surface area contributed by atoms with E-state index in [1.807, 2.05) is 0 Å². The van der Waals surface area contributed by atoms with E-state index >= 15 is 0 Å². The summed E-state index contributed by atoms with van der Waals surface area (Å²) >= 11 is 8.25. The van der Waals surface area contributed by atoms with Gasteiger partial charge in [0.25, 0.3) is 0 Å². The summed E-state index contributed by atoms with van der Waals surface area (Å²) in [6.07, 6.45) is 0.468. The lowest BCUT2D eigenvalue weighted by Crippen LogP contribution is -2.39. The lowest BCUT2D eigenvalue weighted by atomic mass is 9.97. The number of carboxylic acid groups (broad SMARTS) is 1. The largest absolute Gasteiger partial charge is 0.481 e. The number of thioether (sulfide) groups is 1. The van der Waals surface area contributed by atoms with E-state index in [0.717, 1.165) is 48.0 Å². The SMILES string of the molecule is CC(C)(CSc1cnc(NC(=O)N(CC2CCCC2)c2ccc(Cl)cc2C(F)(F)F)s1)C(=O)O. The molecule has 2 N–H and O–H groups in total. The molecule has 0 spiro atoms. The van der Waals surface area contributed by atoms with Gasteiger partial charge in [0.05, 0.1) is 27.1 Å². The first kappa shape index (κ1) is 26.6. The Morgan fingerprint density at radius 1 is 1.29 bits per heavy atom. The van der Waals surface area contributed by atoms with Crippen LogP contribution >= 0.6 is 34.7 Å². The van der Waals surface area contributed by atoms with Crippen LogP contribution in [0, 0.1) is 11.3 Å². The van der Waals surface area contributed by atoms with Crippen LogP contribution in [0.2, 0.25) is 5.02 Å². The number of aliphatic carboxylic acids is 1. The van der Waals surface area contributed by atoms with Crippen molar-refractivity contribution >= 4 is 57.5 Å². The number of carbonyl (C=O) groups is 2. The quantitative estimate of drug-likeness (QED) is 0.348. The number of hydrogen-bond acceptors (Lipinski definition) is 5. The van der Waals surface area contributed by atoms with Gasteiger partial charge in [0.15, 0.2) is 5.13 Å². The fraction of sp³-hybridized carbons (Fsp3) is 0.500. The van der Waals surface area contributed by atoms with Crippen molar-refractivity contribution in [2.75, 3.05) is 22.5 Å². The fourth-order valence-corrected chi connectivity index (χ4v) is 5.68. The predicted molar refractivity (Wildman–Crippen MR) is 129 cm³/mol. The zero-order chi connectivity index (χ0) is 25.1. The van der Waals surface area contributed by atoms with Gasteiger partial charge >= 0.3 is 18.2 Å². The molecule has 34 heavy (non-hydrogen) atoms. The third kappa shape index (κ3) is 6.79. The molecule has 0 aliphatic heterocycles. The van der Waals surface area contributed by atoms with Crippen LogP contribution < -0.4 is 10.2 Å².